The summed E-state index contributed by atoms with van der Waals surface area (Å²) in [6.07, 6.45) is 6.00. The van der Waals surface area contributed by atoms with E-state index in [-0.39, 0.29) is 5.41 Å². The van der Waals surface area contributed by atoms with Crippen LogP contribution in [0.15, 0.2) is 53.5 Å². The highest BCUT2D eigenvalue weighted by Gasteiger charge is 2.33. The van der Waals surface area contributed by atoms with Crippen molar-refractivity contribution in [2.75, 3.05) is 26.1 Å². The van der Waals surface area contributed by atoms with Crippen LogP contribution in [-0.2, 0) is 6.42 Å². The van der Waals surface area contributed by atoms with E-state index in [1.807, 2.05) is 18.2 Å². The van der Waals surface area contributed by atoms with Crippen molar-refractivity contribution in [1.82, 2.24) is 0 Å². The first kappa shape index (κ1) is 19.1. The second-order valence-corrected chi connectivity index (χ2v) is 7.27. The van der Waals surface area contributed by atoms with Crippen molar-refractivity contribution in [2.45, 2.75) is 32.1 Å². The fourth-order valence-corrected chi connectivity index (χ4v) is 3.90. The minimum Gasteiger partial charge on any atom is -0.493 e. The average molecular weight is 367 g/mol. The van der Waals surface area contributed by atoms with Gasteiger partial charge in [0, 0.05) is 18.3 Å². The predicted octanol–water partition coefficient (Wildman–Crippen LogP) is 4.23. The number of ether oxygens (including phenoxy) is 2. The van der Waals surface area contributed by atoms with Gasteiger partial charge in [0.25, 0.3) is 0 Å². The normalized spacial score (nSPS) is 16.1. The third kappa shape index (κ3) is 4.94. The lowest BCUT2D eigenvalue weighted by Crippen LogP contribution is -2.28. The van der Waals surface area contributed by atoms with Crippen LogP contribution in [0.5, 0.6) is 11.5 Å². The van der Waals surface area contributed by atoms with Crippen LogP contribution >= 0.6 is 0 Å². The van der Waals surface area contributed by atoms with Gasteiger partial charge in [-0.3, -0.25) is 4.99 Å². The summed E-state index contributed by atoms with van der Waals surface area (Å²) in [5.41, 5.74) is 8.59. The topological polar surface area (TPSA) is 68.9 Å². The quantitative estimate of drug-likeness (QED) is 0.567. The van der Waals surface area contributed by atoms with Crippen molar-refractivity contribution in [3.05, 3.63) is 54.1 Å². The van der Waals surface area contributed by atoms with Crippen LogP contribution in [0.1, 0.15) is 31.2 Å². The molecule has 0 bridgehead atoms. The number of anilines is 1. The number of nitrogens with zero attached hydrogens (tertiary/aromatic N) is 1. The molecule has 2 aromatic carbocycles. The molecule has 3 rings (SSSR count). The van der Waals surface area contributed by atoms with Crippen LogP contribution in [0.25, 0.3) is 0 Å². The van der Waals surface area contributed by atoms with Gasteiger partial charge in [0.2, 0.25) is 0 Å². The van der Waals surface area contributed by atoms with Gasteiger partial charge < -0.3 is 20.5 Å². The number of rotatable bonds is 7. The Balaban J connectivity index is 1.68. The third-order valence-corrected chi connectivity index (χ3v) is 5.33. The lowest BCUT2D eigenvalue weighted by atomic mass is 9.80. The van der Waals surface area contributed by atoms with E-state index in [1.165, 1.54) is 31.2 Å². The number of aliphatic imine (C=N–C) groups is 1. The van der Waals surface area contributed by atoms with Crippen LogP contribution in [0.4, 0.5) is 5.69 Å². The fraction of sp³-hybridized carbons (Fsp3) is 0.409. The molecule has 0 amide bonds. The summed E-state index contributed by atoms with van der Waals surface area (Å²) in [4.78, 5) is 4.68. The van der Waals surface area contributed by atoms with Crippen molar-refractivity contribution in [3.8, 4) is 11.5 Å². The van der Waals surface area contributed by atoms with E-state index in [2.05, 4.69) is 40.6 Å². The summed E-state index contributed by atoms with van der Waals surface area (Å²) < 4.78 is 10.6. The van der Waals surface area contributed by atoms with Crippen molar-refractivity contribution < 1.29 is 9.47 Å². The Hall–Kier alpha value is -2.69. The Bertz CT molecular complexity index is 768. The number of benzene rings is 2. The lowest BCUT2D eigenvalue weighted by Gasteiger charge is -2.27. The number of nitrogens with one attached hydrogen (secondary N) is 1. The molecular weight excluding hydrogens is 338 g/mol. The summed E-state index contributed by atoms with van der Waals surface area (Å²) in [6, 6.07) is 16.3. The van der Waals surface area contributed by atoms with Gasteiger partial charge >= 0.3 is 0 Å². The summed E-state index contributed by atoms with van der Waals surface area (Å²) in [5.74, 6) is 1.78. The molecular formula is C22H29N3O2. The summed E-state index contributed by atoms with van der Waals surface area (Å²) in [7, 11) is 3.24. The van der Waals surface area contributed by atoms with Crippen molar-refractivity contribution in [1.29, 1.82) is 0 Å². The highest BCUT2D eigenvalue weighted by molar-refractivity contribution is 5.92. The second kappa shape index (κ2) is 8.80. The van der Waals surface area contributed by atoms with Gasteiger partial charge in [-0.15, -0.1) is 0 Å². The Morgan fingerprint density at radius 1 is 1.04 bits per heavy atom. The van der Waals surface area contributed by atoms with Crippen LogP contribution in [0.3, 0.4) is 0 Å². The van der Waals surface area contributed by atoms with E-state index in [9.17, 15) is 0 Å². The zero-order chi connectivity index (χ0) is 19.1. The number of nitrogens with two attached hydrogens (primary N) is 1. The van der Waals surface area contributed by atoms with Crippen molar-refractivity contribution in [3.63, 3.8) is 0 Å². The van der Waals surface area contributed by atoms with Gasteiger partial charge in [-0.05, 0) is 42.4 Å². The van der Waals surface area contributed by atoms with E-state index in [0.29, 0.717) is 17.5 Å². The van der Waals surface area contributed by atoms with Gasteiger partial charge in [0.15, 0.2) is 17.5 Å². The molecule has 0 unspecified atom stereocenters. The molecule has 1 saturated carbocycles. The Labute approximate surface area is 161 Å². The zero-order valence-electron chi connectivity index (χ0n) is 16.2. The molecule has 1 aliphatic carbocycles. The summed E-state index contributed by atoms with van der Waals surface area (Å²) in [6.45, 7) is 0.744. The summed E-state index contributed by atoms with van der Waals surface area (Å²) >= 11 is 0. The molecule has 0 atom stereocenters. The maximum atomic E-state index is 6.17. The van der Waals surface area contributed by atoms with E-state index < -0.39 is 0 Å². The molecule has 0 heterocycles. The monoisotopic (exact) mass is 367 g/mol. The number of methoxy groups -OCH3 is 2. The molecule has 2 aromatic rings. The molecule has 1 fully saturated rings. The van der Waals surface area contributed by atoms with Gasteiger partial charge in [0.1, 0.15) is 0 Å². The molecule has 0 spiro atoms. The highest BCUT2D eigenvalue weighted by atomic mass is 16.5. The van der Waals surface area contributed by atoms with E-state index in [1.54, 1.807) is 14.2 Å². The summed E-state index contributed by atoms with van der Waals surface area (Å²) in [5, 5.41) is 3.17. The van der Waals surface area contributed by atoms with Gasteiger partial charge in [-0.25, -0.2) is 0 Å². The van der Waals surface area contributed by atoms with Gasteiger partial charge in [0.05, 0.1) is 14.2 Å². The molecule has 5 nitrogen and oxygen atoms in total. The standard InChI is InChI=1S/C22H29N3O2/c1-26-19-11-10-18(14-20(19)27-2)25-21(23)24-16-22(12-6-7-13-22)15-17-8-4-3-5-9-17/h3-5,8-11,14H,6-7,12-13,15-16H2,1-2H3,(H3,23,24,25). The molecule has 0 aromatic heterocycles. The van der Waals surface area contributed by atoms with E-state index in [0.717, 1.165) is 18.7 Å². The molecule has 27 heavy (non-hydrogen) atoms. The first-order valence-electron chi connectivity index (χ1n) is 9.47. The largest absolute Gasteiger partial charge is 0.493 e. The van der Waals surface area contributed by atoms with Gasteiger partial charge in [-0.2, -0.15) is 0 Å². The van der Waals surface area contributed by atoms with Crippen LogP contribution in [-0.4, -0.2) is 26.7 Å². The van der Waals surface area contributed by atoms with E-state index >= 15 is 0 Å². The SMILES string of the molecule is COc1ccc(NC(N)=NCC2(Cc3ccccc3)CCCC2)cc1OC. The molecule has 5 heteroatoms. The predicted molar refractivity (Wildman–Crippen MR) is 111 cm³/mol. The molecule has 0 radical (unpaired) electrons. The molecule has 1 aliphatic rings. The lowest BCUT2D eigenvalue weighted by molar-refractivity contribution is 0.307. The molecule has 3 N–H and O–H groups in total. The second-order valence-electron chi connectivity index (χ2n) is 7.27. The maximum absolute atomic E-state index is 6.17. The number of hydrogen-bond donors (Lipinski definition) is 2. The van der Waals surface area contributed by atoms with Crippen LogP contribution in [0, 0.1) is 5.41 Å². The van der Waals surface area contributed by atoms with Crippen LogP contribution < -0.4 is 20.5 Å². The zero-order valence-corrected chi connectivity index (χ0v) is 16.2. The first-order valence-corrected chi connectivity index (χ1v) is 9.47. The maximum Gasteiger partial charge on any atom is 0.193 e. The smallest absolute Gasteiger partial charge is 0.193 e. The molecule has 0 saturated heterocycles. The molecule has 144 valence electrons. The number of hydrogen-bond acceptors (Lipinski definition) is 3. The van der Waals surface area contributed by atoms with Crippen LogP contribution in [0.2, 0.25) is 0 Å². The molecule has 0 aliphatic heterocycles. The number of guanidine groups is 1. The Morgan fingerprint density at radius 2 is 1.74 bits per heavy atom. The Kier molecular flexibility index (Phi) is 6.22. The third-order valence-electron chi connectivity index (χ3n) is 5.33. The first-order chi connectivity index (χ1) is 13.1. The average Bonchev–Trinajstić information content (AvgIpc) is 3.16. The van der Waals surface area contributed by atoms with Crippen molar-refractivity contribution in [2.24, 2.45) is 16.1 Å². The minimum atomic E-state index is 0.214. The van der Waals surface area contributed by atoms with Crippen molar-refractivity contribution >= 4 is 11.6 Å². The minimum absolute atomic E-state index is 0.214. The highest BCUT2D eigenvalue weighted by Crippen LogP contribution is 2.41. The fourth-order valence-electron chi connectivity index (χ4n) is 3.90. The Morgan fingerprint density at radius 3 is 2.41 bits per heavy atom. The van der Waals surface area contributed by atoms with E-state index in [4.69, 9.17) is 15.2 Å². The van der Waals surface area contributed by atoms with Gasteiger partial charge in [-0.1, -0.05) is 43.2 Å².